The van der Waals surface area contributed by atoms with Crippen LogP contribution in [0.15, 0.2) is 18.2 Å². The molecule has 0 spiro atoms. The second-order valence-corrected chi connectivity index (χ2v) is 6.01. The molecule has 128 valence electrons. The first-order valence-electron chi connectivity index (χ1n) is 7.66. The molecule has 1 fully saturated rings. The molecule has 7 heteroatoms. The summed E-state index contributed by atoms with van der Waals surface area (Å²) in [6.45, 7) is 4.05. The molecule has 2 rings (SSSR count). The highest BCUT2D eigenvalue weighted by Gasteiger charge is 2.32. The van der Waals surface area contributed by atoms with Crippen molar-refractivity contribution in [3.05, 3.63) is 35.4 Å². The largest absolute Gasteiger partial charge is 0.394 e. The number of carbonyl (C=O) groups excluding carboxylic acids is 1. The third kappa shape index (κ3) is 4.39. The number of carbonyl (C=O) groups is 1. The minimum atomic E-state index is -0.943. The molecule has 2 amide bonds. The number of ether oxygens (including phenoxy) is 1. The van der Waals surface area contributed by atoms with Crippen molar-refractivity contribution in [3.63, 3.8) is 0 Å². The molecule has 3 N–H and O–H groups in total. The fraction of sp³-hybridized carbons (Fsp3) is 0.562. The van der Waals surface area contributed by atoms with Crippen LogP contribution >= 0.6 is 0 Å². The van der Waals surface area contributed by atoms with E-state index in [4.69, 9.17) is 4.74 Å². The summed E-state index contributed by atoms with van der Waals surface area (Å²) in [7, 11) is 0. The number of urea groups is 1. The molecule has 5 nitrogen and oxygen atoms in total. The van der Waals surface area contributed by atoms with Crippen LogP contribution in [0.5, 0.6) is 0 Å². The Morgan fingerprint density at radius 1 is 1.39 bits per heavy atom. The number of aliphatic hydroxyl groups is 1. The van der Waals surface area contributed by atoms with Crippen molar-refractivity contribution >= 4 is 6.03 Å². The molecule has 1 aromatic rings. The maximum atomic E-state index is 13.4. The minimum Gasteiger partial charge on any atom is -0.394 e. The molecular weight excluding hydrogens is 306 g/mol. The number of halogens is 2. The van der Waals surface area contributed by atoms with Gasteiger partial charge in [0.05, 0.1) is 18.7 Å². The lowest BCUT2D eigenvalue weighted by Gasteiger charge is -2.24. The van der Waals surface area contributed by atoms with Crippen LogP contribution in [0.4, 0.5) is 13.6 Å². The highest BCUT2D eigenvalue weighted by Crippen LogP contribution is 2.30. The van der Waals surface area contributed by atoms with E-state index in [0.29, 0.717) is 18.6 Å². The summed E-state index contributed by atoms with van der Waals surface area (Å²) in [5.41, 5.74) is 0.481. The first-order valence-corrected chi connectivity index (χ1v) is 7.66. The molecule has 1 aliphatic rings. The number of nitrogens with one attached hydrogen (secondary N) is 2. The lowest BCUT2D eigenvalue weighted by atomic mass is 10.0. The Hall–Kier alpha value is -1.73. The van der Waals surface area contributed by atoms with E-state index in [9.17, 15) is 18.7 Å². The molecule has 1 aliphatic heterocycles. The average molecular weight is 328 g/mol. The van der Waals surface area contributed by atoms with Gasteiger partial charge in [-0.3, -0.25) is 0 Å². The van der Waals surface area contributed by atoms with Gasteiger partial charge in [0.25, 0.3) is 0 Å². The van der Waals surface area contributed by atoms with Gasteiger partial charge in [-0.05, 0) is 30.0 Å². The van der Waals surface area contributed by atoms with Gasteiger partial charge in [0.15, 0.2) is 11.6 Å². The predicted molar refractivity (Wildman–Crippen MR) is 80.8 cm³/mol. The van der Waals surface area contributed by atoms with Gasteiger partial charge in [-0.25, -0.2) is 13.6 Å². The van der Waals surface area contributed by atoms with Gasteiger partial charge in [-0.1, -0.05) is 19.9 Å². The van der Waals surface area contributed by atoms with Gasteiger partial charge in [-0.2, -0.15) is 0 Å². The molecule has 1 saturated heterocycles. The van der Waals surface area contributed by atoms with Crippen molar-refractivity contribution in [2.45, 2.75) is 38.5 Å². The Balaban J connectivity index is 2.01. The third-order valence-corrected chi connectivity index (χ3v) is 4.00. The fourth-order valence-electron chi connectivity index (χ4n) is 2.56. The quantitative estimate of drug-likeness (QED) is 0.775. The van der Waals surface area contributed by atoms with E-state index in [1.165, 1.54) is 6.07 Å². The average Bonchev–Trinajstić information content (AvgIpc) is 2.95. The summed E-state index contributed by atoms with van der Waals surface area (Å²) in [4.78, 5) is 12.0. The van der Waals surface area contributed by atoms with Crippen molar-refractivity contribution in [2.24, 2.45) is 5.92 Å². The molecular formula is C16H22F2N2O3. The maximum absolute atomic E-state index is 13.4. The Labute approximate surface area is 134 Å². The van der Waals surface area contributed by atoms with Crippen molar-refractivity contribution < 1.29 is 23.4 Å². The maximum Gasteiger partial charge on any atom is 0.315 e. The number of rotatable bonds is 5. The number of hydrogen-bond donors (Lipinski definition) is 3. The van der Waals surface area contributed by atoms with Crippen molar-refractivity contribution in [2.75, 3.05) is 13.2 Å². The molecule has 23 heavy (non-hydrogen) atoms. The molecule has 0 saturated carbocycles. The number of aliphatic hydroxyl groups excluding tert-OH is 1. The zero-order chi connectivity index (χ0) is 17.0. The molecule has 0 unspecified atom stereocenters. The highest BCUT2D eigenvalue weighted by atomic mass is 19.2. The summed E-state index contributed by atoms with van der Waals surface area (Å²) in [5.74, 6) is -1.77. The van der Waals surface area contributed by atoms with Gasteiger partial charge in [-0.15, -0.1) is 0 Å². The normalized spacial score (nSPS) is 22.2. The topological polar surface area (TPSA) is 70.6 Å². The third-order valence-electron chi connectivity index (χ3n) is 4.00. The first kappa shape index (κ1) is 17.6. The molecule has 3 atom stereocenters. The Morgan fingerprint density at radius 3 is 2.74 bits per heavy atom. The van der Waals surface area contributed by atoms with Crippen LogP contribution in [0.1, 0.15) is 31.9 Å². The van der Waals surface area contributed by atoms with E-state index in [0.717, 1.165) is 12.1 Å². The van der Waals surface area contributed by atoms with Gasteiger partial charge in [0, 0.05) is 6.61 Å². The van der Waals surface area contributed by atoms with Gasteiger partial charge in [0.2, 0.25) is 0 Å². The molecule has 1 heterocycles. The highest BCUT2D eigenvalue weighted by molar-refractivity contribution is 5.74. The standard InChI is InChI=1S/C16H22F2N2O3/c1-9(2)14(8-21)20-16(22)19-13-5-6-23-15(13)10-3-4-11(17)12(18)7-10/h3-4,7,9,13-15,21H,5-6,8H2,1-2H3,(H2,19,20,22)/t13-,14+,15+/m0/s1. The smallest absolute Gasteiger partial charge is 0.315 e. The zero-order valence-corrected chi connectivity index (χ0v) is 13.2. The summed E-state index contributed by atoms with van der Waals surface area (Å²) < 4.78 is 31.9. The first-order chi connectivity index (χ1) is 10.9. The Morgan fingerprint density at radius 2 is 2.13 bits per heavy atom. The van der Waals surface area contributed by atoms with Gasteiger partial charge < -0.3 is 20.5 Å². The van der Waals surface area contributed by atoms with E-state index >= 15 is 0 Å². The second-order valence-electron chi connectivity index (χ2n) is 6.01. The monoisotopic (exact) mass is 328 g/mol. The van der Waals surface area contributed by atoms with Crippen LogP contribution in [0.25, 0.3) is 0 Å². The van der Waals surface area contributed by atoms with Crippen molar-refractivity contribution in [1.82, 2.24) is 10.6 Å². The lowest BCUT2D eigenvalue weighted by molar-refractivity contribution is 0.0991. The molecule has 0 aliphatic carbocycles. The zero-order valence-electron chi connectivity index (χ0n) is 13.2. The number of benzene rings is 1. The van der Waals surface area contributed by atoms with Crippen LogP contribution < -0.4 is 10.6 Å². The molecule has 0 aromatic heterocycles. The van der Waals surface area contributed by atoms with Crippen LogP contribution in [0.3, 0.4) is 0 Å². The van der Waals surface area contributed by atoms with Crippen LogP contribution in [-0.4, -0.2) is 36.4 Å². The predicted octanol–water partition coefficient (Wildman–Crippen LogP) is 2.11. The van der Waals surface area contributed by atoms with E-state index in [-0.39, 0.29) is 24.6 Å². The second kappa shape index (κ2) is 7.70. The summed E-state index contributed by atoms with van der Waals surface area (Å²) in [6.07, 6.45) is 0.0465. The van der Waals surface area contributed by atoms with Crippen LogP contribution in [0, 0.1) is 17.6 Å². The van der Waals surface area contributed by atoms with E-state index in [1.807, 2.05) is 13.8 Å². The van der Waals surface area contributed by atoms with E-state index in [2.05, 4.69) is 10.6 Å². The van der Waals surface area contributed by atoms with E-state index < -0.39 is 23.8 Å². The van der Waals surface area contributed by atoms with E-state index in [1.54, 1.807) is 0 Å². The van der Waals surface area contributed by atoms with Crippen molar-refractivity contribution in [1.29, 1.82) is 0 Å². The molecule has 0 bridgehead atoms. The number of hydrogen-bond acceptors (Lipinski definition) is 3. The van der Waals surface area contributed by atoms with Crippen molar-refractivity contribution in [3.8, 4) is 0 Å². The van der Waals surface area contributed by atoms with Gasteiger partial charge >= 0.3 is 6.03 Å². The minimum absolute atomic E-state index is 0.0903. The lowest BCUT2D eigenvalue weighted by Crippen LogP contribution is -2.49. The van der Waals surface area contributed by atoms with Gasteiger partial charge in [0.1, 0.15) is 6.10 Å². The Bertz CT molecular complexity index is 554. The summed E-state index contributed by atoms with van der Waals surface area (Å²) in [6, 6.07) is 2.48. The number of amides is 2. The fourth-order valence-corrected chi connectivity index (χ4v) is 2.56. The summed E-state index contributed by atoms with van der Waals surface area (Å²) in [5, 5.41) is 14.7. The summed E-state index contributed by atoms with van der Waals surface area (Å²) >= 11 is 0. The Kier molecular flexibility index (Phi) is 5.90. The molecule has 0 radical (unpaired) electrons. The van der Waals surface area contributed by atoms with Crippen LogP contribution in [0.2, 0.25) is 0 Å². The van der Waals surface area contributed by atoms with Crippen LogP contribution in [-0.2, 0) is 4.74 Å². The molecule has 1 aromatic carbocycles. The SMILES string of the molecule is CC(C)[C@@H](CO)NC(=O)N[C@H]1CCO[C@@H]1c1ccc(F)c(F)c1.